The molecule has 0 radical (unpaired) electrons. The third kappa shape index (κ3) is 7.19. The number of aromatic nitrogens is 4. The van der Waals surface area contributed by atoms with Gasteiger partial charge in [-0.1, -0.05) is 6.07 Å². The molecular weight excluding hydrogens is 570 g/mol. The summed E-state index contributed by atoms with van der Waals surface area (Å²) in [5.74, 6) is -0.0983. The first-order chi connectivity index (χ1) is 21.1. The number of rotatable bonds is 11. The molecule has 1 aromatic carbocycles. The fraction of sp³-hybridized carbons (Fsp3) is 0.344. The van der Waals surface area contributed by atoms with Crippen molar-refractivity contribution < 1.29 is 28.2 Å². The van der Waals surface area contributed by atoms with Crippen LogP contribution in [-0.4, -0.2) is 56.8 Å². The first-order valence-corrected chi connectivity index (χ1v) is 14.4. The number of nitrogens with one attached hydrogen (secondary N) is 1. The van der Waals surface area contributed by atoms with Crippen LogP contribution in [0.2, 0.25) is 0 Å². The fourth-order valence-corrected chi connectivity index (χ4v) is 4.98. The molecule has 1 aliphatic heterocycles. The van der Waals surface area contributed by atoms with Crippen LogP contribution < -0.4 is 19.7 Å². The standard InChI is InChI=1S/C32H34F2N6O4/c1-4-43-25-8-5-13-36-30(25)44-21-7-6-14-40(19-21)28-18-35-17-27(38-28)37-26-12-11-24(34)29(39-26)22-15-20(9-10-23(22)33)16-32(2,3)31(41)42/h5,8-13,15,17-18,21H,4,6-7,14,16,19H2,1-3H3,(H,41,42)(H,37,38,39)/t21-/m1/s1. The lowest BCUT2D eigenvalue weighted by molar-refractivity contribution is -0.146. The number of aliphatic carboxylic acids is 1. The third-order valence-corrected chi connectivity index (χ3v) is 7.25. The summed E-state index contributed by atoms with van der Waals surface area (Å²) in [6.07, 6.45) is 6.56. The summed E-state index contributed by atoms with van der Waals surface area (Å²) in [6.45, 7) is 6.88. The summed E-state index contributed by atoms with van der Waals surface area (Å²) in [5, 5.41) is 12.5. The quantitative estimate of drug-likeness (QED) is 0.209. The smallest absolute Gasteiger partial charge is 0.309 e. The highest BCUT2D eigenvalue weighted by atomic mass is 19.1. The number of piperidine rings is 1. The molecule has 10 nitrogen and oxygen atoms in total. The molecule has 4 aromatic rings. The molecule has 0 unspecified atom stereocenters. The second kappa shape index (κ2) is 13.2. The zero-order valence-corrected chi connectivity index (χ0v) is 24.8. The van der Waals surface area contributed by atoms with Gasteiger partial charge in [0.05, 0.1) is 31.0 Å². The lowest BCUT2D eigenvalue weighted by Crippen LogP contribution is -2.41. The monoisotopic (exact) mass is 604 g/mol. The molecule has 1 atom stereocenters. The van der Waals surface area contributed by atoms with E-state index in [0.29, 0.717) is 42.0 Å². The number of pyridine rings is 2. The Morgan fingerprint density at radius 2 is 1.93 bits per heavy atom. The van der Waals surface area contributed by atoms with Gasteiger partial charge in [0.2, 0.25) is 0 Å². The predicted octanol–water partition coefficient (Wildman–Crippen LogP) is 6.06. The Kier molecular flexibility index (Phi) is 9.17. The molecule has 1 fully saturated rings. The van der Waals surface area contributed by atoms with Crippen LogP contribution in [0, 0.1) is 17.0 Å². The van der Waals surface area contributed by atoms with Gasteiger partial charge in [-0.25, -0.2) is 23.7 Å². The molecule has 0 aliphatic carbocycles. The number of benzene rings is 1. The Hall–Kier alpha value is -4.87. The van der Waals surface area contributed by atoms with Gasteiger partial charge < -0.3 is 24.8 Å². The highest BCUT2D eigenvalue weighted by molar-refractivity contribution is 5.74. The Morgan fingerprint density at radius 3 is 2.73 bits per heavy atom. The van der Waals surface area contributed by atoms with Gasteiger partial charge >= 0.3 is 5.97 Å². The van der Waals surface area contributed by atoms with Crippen LogP contribution in [-0.2, 0) is 11.2 Å². The summed E-state index contributed by atoms with van der Waals surface area (Å²) in [4.78, 5) is 31.3. The number of nitrogens with zero attached hydrogens (tertiary/aromatic N) is 5. The van der Waals surface area contributed by atoms with Gasteiger partial charge in [-0.05, 0) is 82.0 Å². The number of anilines is 3. The average molecular weight is 605 g/mol. The van der Waals surface area contributed by atoms with E-state index >= 15 is 0 Å². The summed E-state index contributed by atoms with van der Waals surface area (Å²) < 4.78 is 41.6. The van der Waals surface area contributed by atoms with Gasteiger partial charge in [-0.3, -0.25) is 9.78 Å². The normalized spacial score (nSPS) is 15.1. The second-order valence-electron chi connectivity index (χ2n) is 11.2. The summed E-state index contributed by atoms with van der Waals surface area (Å²) >= 11 is 0. The average Bonchev–Trinajstić information content (AvgIpc) is 3.00. The van der Waals surface area contributed by atoms with Crippen molar-refractivity contribution in [2.45, 2.75) is 46.1 Å². The molecule has 1 saturated heterocycles. The minimum absolute atomic E-state index is 0.0653. The van der Waals surface area contributed by atoms with Crippen molar-refractivity contribution in [2.24, 2.45) is 5.41 Å². The molecular formula is C32H34F2N6O4. The fourth-order valence-electron chi connectivity index (χ4n) is 4.98. The zero-order valence-electron chi connectivity index (χ0n) is 24.8. The first kappa shape index (κ1) is 30.6. The Morgan fingerprint density at radius 1 is 1.11 bits per heavy atom. The maximum Gasteiger partial charge on any atom is 0.309 e. The Labute approximate surface area is 254 Å². The number of carboxylic acids is 1. The lowest BCUT2D eigenvalue weighted by atomic mass is 9.85. The van der Waals surface area contributed by atoms with Gasteiger partial charge in [0, 0.05) is 18.3 Å². The molecule has 2 N–H and O–H groups in total. The largest absolute Gasteiger partial charge is 0.488 e. The van der Waals surface area contributed by atoms with Crippen molar-refractivity contribution in [1.82, 2.24) is 19.9 Å². The molecule has 0 saturated carbocycles. The van der Waals surface area contributed by atoms with E-state index in [9.17, 15) is 18.7 Å². The van der Waals surface area contributed by atoms with Crippen LogP contribution in [0.3, 0.4) is 0 Å². The van der Waals surface area contributed by atoms with Crippen LogP contribution in [0.5, 0.6) is 11.6 Å². The van der Waals surface area contributed by atoms with Crippen molar-refractivity contribution in [3.05, 3.63) is 78.3 Å². The summed E-state index contributed by atoms with van der Waals surface area (Å²) in [7, 11) is 0. The predicted molar refractivity (Wildman–Crippen MR) is 161 cm³/mol. The number of halogens is 2. The van der Waals surface area contributed by atoms with E-state index < -0.39 is 23.0 Å². The van der Waals surface area contributed by atoms with Crippen LogP contribution in [0.1, 0.15) is 39.2 Å². The lowest BCUT2D eigenvalue weighted by Gasteiger charge is -2.33. The molecule has 44 heavy (non-hydrogen) atoms. The number of hydrogen-bond donors (Lipinski definition) is 2. The van der Waals surface area contributed by atoms with E-state index in [0.717, 1.165) is 19.4 Å². The highest BCUT2D eigenvalue weighted by Crippen LogP contribution is 2.31. The number of ether oxygens (including phenoxy) is 2. The molecule has 5 rings (SSSR count). The maximum absolute atomic E-state index is 14.9. The molecule has 4 heterocycles. The SMILES string of the molecule is CCOc1cccnc1O[C@@H]1CCCN(c2cncc(Nc3ccc(F)c(-c4cc(CC(C)(C)C(=O)O)ccc4F)n3)n2)C1. The molecule has 0 bridgehead atoms. The molecule has 230 valence electrons. The minimum Gasteiger partial charge on any atom is -0.488 e. The number of carbonyl (C=O) groups is 1. The van der Waals surface area contributed by atoms with Crippen molar-refractivity contribution in [1.29, 1.82) is 0 Å². The van der Waals surface area contributed by atoms with E-state index in [1.165, 1.54) is 36.5 Å². The van der Waals surface area contributed by atoms with E-state index in [4.69, 9.17) is 9.47 Å². The Balaban J connectivity index is 1.32. The number of carboxylic acid groups (broad SMARTS) is 1. The molecule has 0 spiro atoms. The first-order valence-electron chi connectivity index (χ1n) is 14.4. The van der Waals surface area contributed by atoms with Crippen LogP contribution >= 0.6 is 0 Å². The molecule has 12 heteroatoms. The van der Waals surface area contributed by atoms with Crippen LogP contribution in [0.15, 0.2) is 61.1 Å². The summed E-state index contributed by atoms with van der Waals surface area (Å²) in [5.41, 5.74) is -0.805. The summed E-state index contributed by atoms with van der Waals surface area (Å²) in [6, 6.07) is 10.4. The second-order valence-corrected chi connectivity index (χ2v) is 11.2. The van der Waals surface area contributed by atoms with Crippen LogP contribution in [0.25, 0.3) is 11.3 Å². The van der Waals surface area contributed by atoms with E-state index in [1.807, 2.05) is 13.0 Å². The van der Waals surface area contributed by atoms with E-state index in [1.54, 1.807) is 32.3 Å². The minimum atomic E-state index is -1.08. The van der Waals surface area contributed by atoms with E-state index in [-0.39, 0.29) is 29.6 Å². The van der Waals surface area contributed by atoms with Gasteiger partial charge in [-0.15, -0.1) is 0 Å². The Bertz CT molecular complexity index is 1640. The topological polar surface area (TPSA) is 123 Å². The van der Waals surface area contributed by atoms with E-state index in [2.05, 4.69) is 30.2 Å². The molecule has 1 aliphatic rings. The molecule has 0 amide bonds. The molecule has 3 aromatic heterocycles. The van der Waals surface area contributed by atoms with Gasteiger partial charge in [0.1, 0.15) is 35.1 Å². The zero-order chi connectivity index (χ0) is 31.3. The van der Waals surface area contributed by atoms with Crippen molar-refractivity contribution >= 4 is 23.4 Å². The van der Waals surface area contributed by atoms with Gasteiger partial charge in [0.15, 0.2) is 11.6 Å². The van der Waals surface area contributed by atoms with Crippen LogP contribution in [0.4, 0.5) is 26.2 Å². The third-order valence-electron chi connectivity index (χ3n) is 7.25. The number of hydrogen-bond acceptors (Lipinski definition) is 9. The van der Waals surface area contributed by atoms with Crippen molar-refractivity contribution in [2.75, 3.05) is 29.9 Å². The van der Waals surface area contributed by atoms with Gasteiger partial charge in [-0.2, -0.15) is 0 Å². The highest BCUT2D eigenvalue weighted by Gasteiger charge is 2.28. The van der Waals surface area contributed by atoms with Crippen molar-refractivity contribution in [3.63, 3.8) is 0 Å². The van der Waals surface area contributed by atoms with Crippen molar-refractivity contribution in [3.8, 4) is 22.9 Å². The van der Waals surface area contributed by atoms with Gasteiger partial charge in [0.25, 0.3) is 5.88 Å². The maximum atomic E-state index is 14.9.